The second kappa shape index (κ2) is 12.7. The van der Waals surface area contributed by atoms with Crippen LogP contribution in [0.2, 0.25) is 0 Å². The van der Waals surface area contributed by atoms with E-state index in [9.17, 15) is 9.59 Å². The van der Waals surface area contributed by atoms with E-state index >= 15 is 0 Å². The van der Waals surface area contributed by atoms with Crippen LogP contribution in [-0.2, 0) is 16.1 Å². The smallest absolute Gasteiger partial charge is 0.339 e. The van der Waals surface area contributed by atoms with Gasteiger partial charge >= 0.3 is 5.97 Å². The van der Waals surface area contributed by atoms with Gasteiger partial charge in [0.2, 0.25) is 0 Å². The number of carbonyl (C=O) groups excluding carboxylic acids is 2. The van der Waals surface area contributed by atoms with E-state index in [4.69, 9.17) is 19.5 Å². The van der Waals surface area contributed by atoms with Crippen LogP contribution in [-0.4, -0.2) is 31.6 Å². The molecular formula is C27H26N2O5. The average Bonchev–Trinajstić information content (AvgIpc) is 2.88. The first-order chi connectivity index (χ1) is 16.6. The molecule has 0 atom stereocenters. The highest BCUT2D eigenvalue weighted by atomic mass is 16.5. The quantitative estimate of drug-likeness (QED) is 0.385. The van der Waals surface area contributed by atoms with E-state index in [1.54, 1.807) is 48.5 Å². The molecule has 0 N–H and O–H groups in total. The van der Waals surface area contributed by atoms with E-state index in [1.165, 1.54) is 4.90 Å². The van der Waals surface area contributed by atoms with Crippen molar-refractivity contribution in [3.05, 3.63) is 90.0 Å². The minimum atomic E-state index is -0.618. The largest absolute Gasteiger partial charge is 0.494 e. The molecule has 0 bridgehead atoms. The van der Waals surface area contributed by atoms with Crippen LogP contribution in [0.3, 0.4) is 0 Å². The van der Waals surface area contributed by atoms with Gasteiger partial charge in [-0.05, 0) is 49.4 Å². The van der Waals surface area contributed by atoms with Gasteiger partial charge in [0.25, 0.3) is 5.91 Å². The third-order valence-electron chi connectivity index (χ3n) is 4.91. The Bertz CT molecular complexity index is 1120. The van der Waals surface area contributed by atoms with Crippen molar-refractivity contribution in [2.45, 2.75) is 20.0 Å². The Morgan fingerprint density at radius 3 is 2.26 bits per heavy atom. The van der Waals surface area contributed by atoms with Crippen molar-refractivity contribution >= 4 is 17.6 Å². The molecule has 0 aromatic heterocycles. The minimum absolute atomic E-state index is 0.145. The number of nitriles is 1. The van der Waals surface area contributed by atoms with Gasteiger partial charge in [-0.3, -0.25) is 4.79 Å². The number of benzene rings is 3. The van der Waals surface area contributed by atoms with Crippen LogP contribution in [0.5, 0.6) is 11.5 Å². The number of ether oxygens (including phenoxy) is 3. The van der Waals surface area contributed by atoms with Crippen LogP contribution in [0.4, 0.5) is 5.69 Å². The zero-order chi connectivity index (χ0) is 24.2. The summed E-state index contributed by atoms with van der Waals surface area (Å²) in [6.07, 6.45) is 0.145. The second-order valence-corrected chi connectivity index (χ2v) is 7.22. The molecular weight excluding hydrogens is 432 g/mol. The summed E-state index contributed by atoms with van der Waals surface area (Å²) >= 11 is 0. The standard InChI is InChI=1S/C27H26N2O5/c1-2-32-24-15-13-22(14-16-24)29(18-8-17-28)26(30)20-34-27(31)25-12-7-6-9-21(25)19-33-23-10-4-3-5-11-23/h3-7,9-16H,2,8,18-20H2,1H3. The van der Waals surface area contributed by atoms with Crippen LogP contribution in [0, 0.1) is 11.3 Å². The summed E-state index contributed by atoms with van der Waals surface area (Å²) in [5.74, 6) is 0.322. The Hall–Kier alpha value is -4.31. The van der Waals surface area contributed by atoms with Crippen molar-refractivity contribution < 1.29 is 23.8 Å². The van der Waals surface area contributed by atoms with Crippen LogP contribution >= 0.6 is 0 Å². The summed E-state index contributed by atoms with van der Waals surface area (Å²) < 4.78 is 16.5. The molecule has 0 spiro atoms. The maximum absolute atomic E-state index is 12.9. The molecule has 3 aromatic carbocycles. The maximum Gasteiger partial charge on any atom is 0.339 e. The third-order valence-corrected chi connectivity index (χ3v) is 4.91. The highest BCUT2D eigenvalue weighted by molar-refractivity contribution is 5.97. The summed E-state index contributed by atoms with van der Waals surface area (Å²) in [5, 5.41) is 8.98. The Balaban J connectivity index is 1.65. The third kappa shape index (κ3) is 6.84. The molecule has 3 rings (SSSR count). The lowest BCUT2D eigenvalue weighted by atomic mass is 10.1. The number of hydrogen-bond donors (Lipinski definition) is 0. The van der Waals surface area contributed by atoms with Crippen molar-refractivity contribution in [3.63, 3.8) is 0 Å². The van der Waals surface area contributed by atoms with Gasteiger partial charge in [-0.15, -0.1) is 0 Å². The average molecular weight is 459 g/mol. The molecule has 174 valence electrons. The van der Waals surface area contributed by atoms with Crippen molar-refractivity contribution in [1.29, 1.82) is 5.26 Å². The molecule has 0 saturated carbocycles. The van der Waals surface area contributed by atoms with Crippen molar-refractivity contribution in [3.8, 4) is 17.6 Å². The molecule has 0 fully saturated rings. The lowest BCUT2D eigenvalue weighted by Gasteiger charge is -2.22. The number of carbonyl (C=O) groups is 2. The number of nitrogens with zero attached hydrogens (tertiary/aromatic N) is 2. The highest BCUT2D eigenvalue weighted by Gasteiger charge is 2.20. The summed E-state index contributed by atoms with van der Waals surface area (Å²) in [6.45, 7) is 2.33. The van der Waals surface area contributed by atoms with Crippen LogP contribution < -0.4 is 14.4 Å². The zero-order valence-electron chi connectivity index (χ0n) is 19.0. The van der Waals surface area contributed by atoms with Crippen LogP contribution in [0.1, 0.15) is 29.3 Å². The molecule has 0 unspecified atom stereocenters. The molecule has 0 saturated heterocycles. The number of esters is 1. The Morgan fingerprint density at radius 2 is 1.56 bits per heavy atom. The Morgan fingerprint density at radius 1 is 0.882 bits per heavy atom. The lowest BCUT2D eigenvalue weighted by Crippen LogP contribution is -2.35. The minimum Gasteiger partial charge on any atom is -0.494 e. The first kappa shape index (κ1) is 24.3. The molecule has 7 nitrogen and oxygen atoms in total. The molecule has 0 radical (unpaired) electrons. The molecule has 3 aromatic rings. The number of hydrogen-bond acceptors (Lipinski definition) is 6. The predicted octanol–water partition coefficient (Wildman–Crippen LogP) is 4.77. The van der Waals surface area contributed by atoms with Gasteiger partial charge in [0.15, 0.2) is 6.61 Å². The predicted molar refractivity (Wildman–Crippen MR) is 128 cm³/mol. The number of para-hydroxylation sites is 1. The SMILES string of the molecule is CCOc1ccc(N(CCC#N)C(=O)COC(=O)c2ccccc2COc2ccccc2)cc1. The topological polar surface area (TPSA) is 88.9 Å². The summed E-state index contributed by atoms with van der Waals surface area (Å²) in [7, 11) is 0. The summed E-state index contributed by atoms with van der Waals surface area (Å²) in [6, 6.07) is 25.2. The fourth-order valence-electron chi connectivity index (χ4n) is 3.25. The molecule has 0 aliphatic rings. The van der Waals surface area contributed by atoms with Crippen LogP contribution in [0.15, 0.2) is 78.9 Å². The van der Waals surface area contributed by atoms with Gasteiger partial charge in [0.1, 0.15) is 18.1 Å². The van der Waals surface area contributed by atoms with E-state index in [2.05, 4.69) is 0 Å². The van der Waals surface area contributed by atoms with Gasteiger partial charge in [-0.1, -0.05) is 36.4 Å². The molecule has 34 heavy (non-hydrogen) atoms. The first-order valence-corrected chi connectivity index (χ1v) is 11.0. The van der Waals surface area contributed by atoms with Gasteiger partial charge in [0, 0.05) is 17.8 Å². The van der Waals surface area contributed by atoms with E-state index in [0.29, 0.717) is 34.9 Å². The van der Waals surface area contributed by atoms with Gasteiger partial charge in [0.05, 0.1) is 24.7 Å². The van der Waals surface area contributed by atoms with Gasteiger partial charge < -0.3 is 19.1 Å². The van der Waals surface area contributed by atoms with E-state index < -0.39 is 18.5 Å². The Kier molecular flexibility index (Phi) is 9.06. The summed E-state index contributed by atoms with van der Waals surface area (Å²) in [4.78, 5) is 27.1. The number of amides is 1. The number of rotatable bonds is 11. The second-order valence-electron chi connectivity index (χ2n) is 7.22. The Labute approximate surface area is 199 Å². The monoisotopic (exact) mass is 458 g/mol. The van der Waals surface area contributed by atoms with Gasteiger partial charge in [-0.25, -0.2) is 4.79 Å². The fraction of sp³-hybridized carbons (Fsp3) is 0.222. The number of anilines is 1. The van der Waals surface area contributed by atoms with E-state index in [0.717, 1.165) is 0 Å². The van der Waals surface area contributed by atoms with Crippen LogP contribution in [0.25, 0.3) is 0 Å². The maximum atomic E-state index is 12.9. The van der Waals surface area contributed by atoms with Crippen molar-refractivity contribution in [2.75, 3.05) is 24.7 Å². The summed E-state index contributed by atoms with van der Waals surface area (Å²) in [5.41, 5.74) is 1.57. The first-order valence-electron chi connectivity index (χ1n) is 11.0. The highest BCUT2D eigenvalue weighted by Crippen LogP contribution is 2.21. The van der Waals surface area contributed by atoms with E-state index in [1.807, 2.05) is 43.3 Å². The fourth-order valence-corrected chi connectivity index (χ4v) is 3.25. The molecule has 0 aliphatic heterocycles. The normalized spacial score (nSPS) is 10.1. The lowest BCUT2D eigenvalue weighted by molar-refractivity contribution is -0.121. The van der Waals surface area contributed by atoms with Crippen molar-refractivity contribution in [1.82, 2.24) is 0 Å². The van der Waals surface area contributed by atoms with Gasteiger partial charge in [-0.2, -0.15) is 5.26 Å². The van der Waals surface area contributed by atoms with Crippen molar-refractivity contribution in [2.24, 2.45) is 0 Å². The molecule has 0 heterocycles. The molecule has 7 heteroatoms. The van der Waals surface area contributed by atoms with E-state index in [-0.39, 0.29) is 19.6 Å². The zero-order valence-corrected chi connectivity index (χ0v) is 19.0. The molecule has 0 aliphatic carbocycles. The molecule has 1 amide bonds.